The summed E-state index contributed by atoms with van der Waals surface area (Å²) < 4.78 is 5.44. The Hall–Kier alpha value is -3.15. The van der Waals surface area contributed by atoms with E-state index in [2.05, 4.69) is 45.0 Å². The first-order valence-electron chi connectivity index (χ1n) is 9.73. The standard InChI is InChI=1S/C22H28N4O2/c1-3-23-22(26-14-16-9-10-20(27)21(13-16)28-4-2)24-12-11-17-15-25-19-8-6-5-7-18(17)19/h5-10,13,15,25,27H,3-4,11-12,14H2,1-2H3,(H2,23,24,26). The van der Waals surface area contributed by atoms with Gasteiger partial charge in [-0.25, -0.2) is 4.99 Å². The number of phenols is 1. The zero-order valence-corrected chi connectivity index (χ0v) is 16.5. The molecule has 3 aromatic rings. The lowest BCUT2D eigenvalue weighted by Gasteiger charge is -2.12. The molecule has 1 heterocycles. The van der Waals surface area contributed by atoms with E-state index in [-0.39, 0.29) is 5.75 Å². The summed E-state index contributed by atoms with van der Waals surface area (Å²) in [4.78, 5) is 7.96. The molecule has 0 unspecified atom stereocenters. The van der Waals surface area contributed by atoms with Gasteiger partial charge in [-0.3, -0.25) is 0 Å². The molecule has 0 amide bonds. The molecular weight excluding hydrogens is 352 g/mol. The van der Waals surface area contributed by atoms with Gasteiger partial charge < -0.3 is 25.5 Å². The van der Waals surface area contributed by atoms with Crippen LogP contribution in [0.4, 0.5) is 0 Å². The van der Waals surface area contributed by atoms with Gasteiger partial charge in [-0.15, -0.1) is 0 Å². The van der Waals surface area contributed by atoms with Gasteiger partial charge in [-0.1, -0.05) is 24.3 Å². The summed E-state index contributed by atoms with van der Waals surface area (Å²) >= 11 is 0. The Labute approximate surface area is 165 Å². The molecule has 0 saturated heterocycles. The van der Waals surface area contributed by atoms with Crippen molar-refractivity contribution in [3.8, 4) is 11.5 Å². The van der Waals surface area contributed by atoms with Crippen molar-refractivity contribution in [3.63, 3.8) is 0 Å². The fraction of sp³-hybridized carbons (Fsp3) is 0.318. The summed E-state index contributed by atoms with van der Waals surface area (Å²) in [7, 11) is 0. The predicted molar refractivity (Wildman–Crippen MR) is 114 cm³/mol. The fourth-order valence-corrected chi connectivity index (χ4v) is 3.09. The number of aliphatic imine (C=N–C) groups is 1. The van der Waals surface area contributed by atoms with Crippen molar-refractivity contribution in [1.82, 2.24) is 15.6 Å². The van der Waals surface area contributed by atoms with Crippen molar-refractivity contribution in [2.75, 3.05) is 19.7 Å². The van der Waals surface area contributed by atoms with Crippen LogP contribution in [0.1, 0.15) is 25.0 Å². The van der Waals surface area contributed by atoms with Crippen LogP contribution in [0.5, 0.6) is 11.5 Å². The number of nitrogens with one attached hydrogen (secondary N) is 3. The SMILES string of the molecule is CCNC(=NCc1ccc(O)c(OCC)c1)NCCc1c[nH]c2ccccc12. The highest BCUT2D eigenvalue weighted by Crippen LogP contribution is 2.27. The van der Waals surface area contributed by atoms with E-state index in [1.165, 1.54) is 10.9 Å². The van der Waals surface area contributed by atoms with E-state index in [0.717, 1.165) is 36.6 Å². The number of aromatic hydroxyl groups is 1. The number of para-hydroxylation sites is 1. The number of aromatic nitrogens is 1. The topological polar surface area (TPSA) is 81.7 Å². The first kappa shape index (κ1) is 19.6. The lowest BCUT2D eigenvalue weighted by molar-refractivity contribution is 0.318. The average molecular weight is 380 g/mol. The van der Waals surface area contributed by atoms with Crippen molar-refractivity contribution in [2.24, 2.45) is 4.99 Å². The van der Waals surface area contributed by atoms with Gasteiger partial charge >= 0.3 is 0 Å². The number of guanidine groups is 1. The normalized spacial score (nSPS) is 11.6. The van der Waals surface area contributed by atoms with E-state index in [0.29, 0.717) is 18.9 Å². The Bertz CT molecular complexity index is 933. The summed E-state index contributed by atoms with van der Waals surface area (Å²) in [5.41, 5.74) is 3.43. The second kappa shape index (κ2) is 9.69. The third-order valence-electron chi connectivity index (χ3n) is 4.45. The first-order chi connectivity index (χ1) is 13.7. The van der Waals surface area contributed by atoms with Crippen LogP contribution in [0.2, 0.25) is 0 Å². The van der Waals surface area contributed by atoms with Crippen molar-refractivity contribution < 1.29 is 9.84 Å². The molecule has 0 aliphatic heterocycles. The van der Waals surface area contributed by atoms with Gasteiger partial charge in [0.05, 0.1) is 13.2 Å². The molecule has 6 heteroatoms. The van der Waals surface area contributed by atoms with Crippen LogP contribution in [0, 0.1) is 0 Å². The van der Waals surface area contributed by atoms with E-state index >= 15 is 0 Å². The maximum Gasteiger partial charge on any atom is 0.191 e. The van der Waals surface area contributed by atoms with E-state index < -0.39 is 0 Å². The minimum absolute atomic E-state index is 0.151. The Kier molecular flexibility index (Phi) is 6.78. The summed E-state index contributed by atoms with van der Waals surface area (Å²) in [6.45, 7) is 6.53. The number of rotatable bonds is 8. The number of phenolic OH excluding ortho intramolecular Hbond substituents is 1. The van der Waals surface area contributed by atoms with Crippen LogP contribution in [0.25, 0.3) is 10.9 Å². The Morgan fingerprint density at radius 3 is 2.82 bits per heavy atom. The number of hydrogen-bond donors (Lipinski definition) is 4. The van der Waals surface area contributed by atoms with E-state index in [9.17, 15) is 5.11 Å². The Morgan fingerprint density at radius 1 is 1.14 bits per heavy atom. The van der Waals surface area contributed by atoms with Crippen molar-refractivity contribution in [2.45, 2.75) is 26.8 Å². The smallest absolute Gasteiger partial charge is 0.191 e. The number of nitrogens with zero attached hydrogens (tertiary/aromatic N) is 1. The molecule has 0 radical (unpaired) electrons. The van der Waals surface area contributed by atoms with Crippen LogP contribution < -0.4 is 15.4 Å². The summed E-state index contributed by atoms with van der Waals surface area (Å²) in [5, 5.41) is 17.7. The highest BCUT2D eigenvalue weighted by Gasteiger charge is 2.05. The van der Waals surface area contributed by atoms with Gasteiger partial charge in [0.1, 0.15) is 0 Å². The van der Waals surface area contributed by atoms with E-state index in [1.807, 2.05) is 32.0 Å². The number of H-pyrrole nitrogens is 1. The van der Waals surface area contributed by atoms with Gasteiger partial charge in [-0.2, -0.15) is 0 Å². The molecule has 0 fully saturated rings. The van der Waals surface area contributed by atoms with E-state index in [1.54, 1.807) is 6.07 Å². The van der Waals surface area contributed by atoms with Crippen LogP contribution in [-0.2, 0) is 13.0 Å². The summed E-state index contributed by atoms with van der Waals surface area (Å²) in [5.74, 6) is 1.42. The second-order valence-corrected chi connectivity index (χ2v) is 6.47. The van der Waals surface area contributed by atoms with E-state index in [4.69, 9.17) is 4.74 Å². The van der Waals surface area contributed by atoms with Crippen molar-refractivity contribution in [1.29, 1.82) is 0 Å². The average Bonchev–Trinajstić information content (AvgIpc) is 3.12. The maximum absolute atomic E-state index is 9.82. The van der Waals surface area contributed by atoms with Gasteiger partial charge in [-0.05, 0) is 49.6 Å². The zero-order chi connectivity index (χ0) is 19.8. The quantitative estimate of drug-likeness (QED) is 0.356. The minimum Gasteiger partial charge on any atom is -0.504 e. The van der Waals surface area contributed by atoms with Crippen LogP contribution in [0.3, 0.4) is 0 Å². The molecule has 3 rings (SSSR count). The second-order valence-electron chi connectivity index (χ2n) is 6.47. The fourth-order valence-electron chi connectivity index (χ4n) is 3.09. The monoisotopic (exact) mass is 380 g/mol. The van der Waals surface area contributed by atoms with Crippen LogP contribution in [0.15, 0.2) is 53.7 Å². The predicted octanol–water partition coefficient (Wildman–Crippen LogP) is 3.57. The van der Waals surface area contributed by atoms with Crippen molar-refractivity contribution >= 4 is 16.9 Å². The summed E-state index contributed by atoms with van der Waals surface area (Å²) in [6.07, 6.45) is 2.98. The number of aromatic amines is 1. The molecule has 0 saturated carbocycles. The Morgan fingerprint density at radius 2 is 2.00 bits per heavy atom. The molecular formula is C22H28N4O2. The van der Waals surface area contributed by atoms with Gasteiger partial charge in [0, 0.05) is 30.2 Å². The van der Waals surface area contributed by atoms with Gasteiger partial charge in [0.2, 0.25) is 0 Å². The van der Waals surface area contributed by atoms with Gasteiger partial charge in [0.25, 0.3) is 0 Å². The summed E-state index contributed by atoms with van der Waals surface area (Å²) in [6, 6.07) is 13.7. The van der Waals surface area contributed by atoms with Crippen LogP contribution in [-0.4, -0.2) is 35.7 Å². The molecule has 0 atom stereocenters. The zero-order valence-electron chi connectivity index (χ0n) is 16.5. The lowest BCUT2D eigenvalue weighted by Crippen LogP contribution is -2.38. The van der Waals surface area contributed by atoms with Crippen LogP contribution >= 0.6 is 0 Å². The molecule has 1 aromatic heterocycles. The molecule has 28 heavy (non-hydrogen) atoms. The molecule has 2 aromatic carbocycles. The Balaban J connectivity index is 1.60. The number of hydrogen-bond acceptors (Lipinski definition) is 3. The first-order valence-corrected chi connectivity index (χ1v) is 9.73. The van der Waals surface area contributed by atoms with Gasteiger partial charge in [0.15, 0.2) is 17.5 Å². The highest BCUT2D eigenvalue weighted by atomic mass is 16.5. The van der Waals surface area contributed by atoms with Crippen molar-refractivity contribution in [3.05, 3.63) is 59.8 Å². The molecule has 0 bridgehead atoms. The number of ether oxygens (including phenoxy) is 1. The highest BCUT2D eigenvalue weighted by molar-refractivity contribution is 5.83. The largest absolute Gasteiger partial charge is 0.504 e. The minimum atomic E-state index is 0.151. The number of fused-ring (bicyclic) bond motifs is 1. The number of benzene rings is 2. The molecule has 6 nitrogen and oxygen atoms in total. The molecule has 0 aliphatic rings. The third-order valence-corrected chi connectivity index (χ3v) is 4.45. The lowest BCUT2D eigenvalue weighted by atomic mass is 10.1. The third kappa shape index (κ3) is 4.97. The molecule has 4 N–H and O–H groups in total. The molecule has 148 valence electrons. The maximum atomic E-state index is 9.82. The molecule has 0 aliphatic carbocycles. The molecule has 0 spiro atoms.